The van der Waals surface area contributed by atoms with Crippen molar-refractivity contribution in [3.8, 4) is 0 Å². The molecule has 1 heterocycles. The second-order valence-electron chi connectivity index (χ2n) is 3.88. The van der Waals surface area contributed by atoms with Crippen molar-refractivity contribution in [2.45, 2.75) is 19.3 Å². The largest absolute Gasteiger partial charge is 0.330 e. The van der Waals surface area contributed by atoms with Crippen molar-refractivity contribution in [2.24, 2.45) is 23.5 Å². The van der Waals surface area contributed by atoms with Crippen LogP contribution >= 0.6 is 11.8 Å². The Morgan fingerprint density at radius 3 is 2.36 bits per heavy atom. The minimum atomic E-state index is 0.905. The Morgan fingerprint density at radius 1 is 1.18 bits per heavy atom. The van der Waals surface area contributed by atoms with Crippen LogP contribution < -0.4 is 5.73 Å². The van der Waals surface area contributed by atoms with Gasteiger partial charge in [-0.3, -0.25) is 0 Å². The van der Waals surface area contributed by atoms with E-state index in [1.165, 1.54) is 30.8 Å². The van der Waals surface area contributed by atoms with Gasteiger partial charge in [0.2, 0.25) is 0 Å². The second-order valence-corrected chi connectivity index (χ2v) is 4.95. The monoisotopic (exact) mass is 171 g/mol. The molecular formula is C9H17NS. The van der Waals surface area contributed by atoms with E-state index in [9.17, 15) is 0 Å². The van der Waals surface area contributed by atoms with Gasteiger partial charge in [0.15, 0.2) is 0 Å². The van der Waals surface area contributed by atoms with Gasteiger partial charge < -0.3 is 5.73 Å². The van der Waals surface area contributed by atoms with Gasteiger partial charge in [0.25, 0.3) is 0 Å². The third-order valence-electron chi connectivity index (χ3n) is 3.28. The Kier molecular flexibility index (Phi) is 2.42. The molecule has 2 N–H and O–H groups in total. The van der Waals surface area contributed by atoms with Gasteiger partial charge in [-0.2, -0.15) is 11.8 Å². The molecule has 2 atom stereocenters. The second kappa shape index (κ2) is 3.36. The summed E-state index contributed by atoms with van der Waals surface area (Å²) in [4.78, 5) is 0. The molecule has 1 saturated carbocycles. The predicted octanol–water partition coefficient (Wildman–Crippen LogP) is 1.72. The highest BCUT2D eigenvalue weighted by molar-refractivity contribution is 7.99. The first-order valence-electron chi connectivity index (χ1n) is 4.69. The Morgan fingerprint density at radius 2 is 1.82 bits per heavy atom. The molecule has 2 fully saturated rings. The molecule has 0 amide bonds. The minimum Gasteiger partial charge on any atom is -0.330 e. The average Bonchev–Trinajstić information content (AvgIpc) is 2.30. The summed E-state index contributed by atoms with van der Waals surface area (Å²) in [5.74, 6) is 5.90. The molecule has 2 rings (SSSR count). The Balaban J connectivity index is 1.97. The summed E-state index contributed by atoms with van der Waals surface area (Å²) in [5.41, 5.74) is 5.60. The number of hydrogen-bond donors (Lipinski definition) is 1. The van der Waals surface area contributed by atoms with Crippen molar-refractivity contribution < 1.29 is 0 Å². The third kappa shape index (κ3) is 1.43. The maximum absolute atomic E-state index is 5.60. The first kappa shape index (κ1) is 7.93. The molecule has 0 radical (unpaired) electrons. The van der Waals surface area contributed by atoms with Gasteiger partial charge in [-0.25, -0.2) is 0 Å². The Labute approximate surface area is 73.1 Å². The fourth-order valence-electron chi connectivity index (χ4n) is 2.69. The van der Waals surface area contributed by atoms with Crippen molar-refractivity contribution in [1.29, 1.82) is 0 Å². The van der Waals surface area contributed by atoms with Crippen molar-refractivity contribution in [2.75, 3.05) is 18.1 Å². The topological polar surface area (TPSA) is 26.0 Å². The summed E-state index contributed by atoms with van der Waals surface area (Å²) in [5, 5.41) is 0. The normalized spacial score (nSPS) is 42.8. The lowest BCUT2D eigenvalue weighted by molar-refractivity contribution is 0.326. The summed E-state index contributed by atoms with van der Waals surface area (Å²) in [6, 6.07) is 0. The highest BCUT2D eigenvalue weighted by Crippen LogP contribution is 2.46. The molecule has 1 aliphatic carbocycles. The van der Waals surface area contributed by atoms with Gasteiger partial charge in [-0.1, -0.05) is 0 Å². The molecule has 1 nitrogen and oxygen atoms in total. The fraction of sp³-hybridized carbons (Fsp3) is 1.00. The number of fused-ring (bicyclic) bond motifs is 2. The lowest BCUT2D eigenvalue weighted by Crippen LogP contribution is -2.25. The van der Waals surface area contributed by atoms with E-state index in [1.807, 2.05) is 0 Å². The van der Waals surface area contributed by atoms with Crippen LogP contribution in [0.5, 0.6) is 0 Å². The van der Waals surface area contributed by atoms with E-state index in [-0.39, 0.29) is 0 Å². The van der Waals surface area contributed by atoms with Gasteiger partial charge in [0, 0.05) is 0 Å². The van der Waals surface area contributed by atoms with Crippen LogP contribution in [-0.4, -0.2) is 18.1 Å². The van der Waals surface area contributed by atoms with Crippen molar-refractivity contribution in [1.82, 2.24) is 0 Å². The zero-order valence-corrected chi connectivity index (χ0v) is 7.78. The van der Waals surface area contributed by atoms with Gasteiger partial charge in [0.05, 0.1) is 0 Å². The van der Waals surface area contributed by atoms with Crippen LogP contribution in [-0.2, 0) is 0 Å². The summed E-state index contributed by atoms with van der Waals surface area (Å²) in [7, 11) is 0. The highest BCUT2D eigenvalue weighted by Gasteiger charge is 2.38. The van der Waals surface area contributed by atoms with E-state index >= 15 is 0 Å². The average molecular weight is 171 g/mol. The first-order chi connectivity index (χ1) is 5.42. The molecule has 64 valence electrons. The summed E-state index contributed by atoms with van der Waals surface area (Å²) in [6.45, 7) is 0.905. The molecule has 2 unspecified atom stereocenters. The van der Waals surface area contributed by atoms with Gasteiger partial charge in [-0.05, 0) is 55.1 Å². The minimum absolute atomic E-state index is 0.905. The summed E-state index contributed by atoms with van der Waals surface area (Å²) >= 11 is 2.16. The van der Waals surface area contributed by atoms with E-state index in [4.69, 9.17) is 5.73 Å². The number of thioether (sulfide) groups is 1. The number of rotatable bonds is 2. The van der Waals surface area contributed by atoms with E-state index in [0.29, 0.717) is 0 Å². The van der Waals surface area contributed by atoms with Gasteiger partial charge >= 0.3 is 0 Å². The van der Waals surface area contributed by atoms with Crippen LogP contribution in [0.4, 0.5) is 0 Å². The SMILES string of the molecule is NCCC1C2CCC1CSC2. The van der Waals surface area contributed by atoms with E-state index in [1.54, 1.807) is 0 Å². The molecule has 2 bridgehead atoms. The first-order valence-corrected chi connectivity index (χ1v) is 5.85. The molecule has 0 aromatic carbocycles. The number of hydrogen-bond acceptors (Lipinski definition) is 2. The molecule has 1 saturated heterocycles. The molecule has 1 aliphatic heterocycles. The van der Waals surface area contributed by atoms with Gasteiger partial charge in [0.1, 0.15) is 0 Å². The van der Waals surface area contributed by atoms with Crippen LogP contribution in [0.2, 0.25) is 0 Å². The molecule has 2 heteroatoms. The standard InChI is InChI=1S/C9H17NS/c10-4-3-9-7-1-2-8(9)6-11-5-7/h7-9H,1-6,10H2. The van der Waals surface area contributed by atoms with E-state index in [2.05, 4.69) is 11.8 Å². The van der Waals surface area contributed by atoms with Crippen LogP contribution in [0.15, 0.2) is 0 Å². The van der Waals surface area contributed by atoms with Crippen LogP contribution in [0.1, 0.15) is 19.3 Å². The zero-order chi connectivity index (χ0) is 7.68. The van der Waals surface area contributed by atoms with E-state index < -0.39 is 0 Å². The molecular weight excluding hydrogens is 154 g/mol. The molecule has 0 aromatic heterocycles. The van der Waals surface area contributed by atoms with Crippen LogP contribution in [0.3, 0.4) is 0 Å². The lowest BCUT2D eigenvalue weighted by atomic mass is 9.88. The Bertz CT molecular complexity index is 122. The molecule has 11 heavy (non-hydrogen) atoms. The molecule has 0 spiro atoms. The van der Waals surface area contributed by atoms with Crippen LogP contribution in [0.25, 0.3) is 0 Å². The molecule has 2 aliphatic rings. The Hall–Kier alpha value is 0.310. The van der Waals surface area contributed by atoms with Crippen molar-refractivity contribution in [3.05, 3.63) is 0 Å². The van der Waals surface area contributed by atoms with Crippen molar-refractivity contribution in [3.63, 3.8) is 0 Å². The van der Waals surface area contributed by atoms with Crippen LogP contribution in [0, 0.1) is 17.8 Å². The zero-order valence-electron chi connectivity index (χ0n) is 6.96. The smallest absolute Gasteiger partial charge is 0.00363 e. The summed E-state index contributed by atoms with van der Waals surface area (Å²) < 4.78 is 0. The quantitative estimate of drug-likeness (QED) is 0.684. The van der Waals surface area contributed by atoms with Crippen molar-refractivity contribution >= 4 is 11.8 Å². The predicted molar refractivity (Wildman–Crippen MR) is 50.7 cm³/mol. The third-order valence-corrected chi connectivity index (χ3v) is 4.61. The highest BCUT2D eigenvalue weighted by atomic mass is 32.2. The molecule has 0 aromatic rings. The summed E-state index contributed by atoms with van der Waals surface area (Å²) in [6.07, 6.45) is 4.26. The maximum atomic E-state index is 5.60. The number of nitrogens with two attached hydrogens (primary N) is 1. The van der Waals surface area contributed by atoms with E-state index in [0.717, 1.165) is 24.3 Å². The fourth-order valence-corrected chi connectivity index (χ4v) is 4.26. The van der Waals surface area contributed by atoms with Gasteiger partial charge in [-0.15, -0.1) is 0 Å². The lowest BCUT2D eigenvalue weighted by Gasteiger charge is -2.29. The maximum Gasteiger partial charge on any atom is -0.00363 e.